The Kier molecular flexibility index (Phi) is 4.16. The van der Waals surface area contributed by atoms with Gasteiger partial charge in [0, 0.05) is 5.75 Å². The van der Waals surface area contributed by atoms with E-state index >= 15 is 0 Å². The van der Waals surface area contributed by atoms with E-state index in [0.717, 1.165) is 5.75 Å². The number of rotatable bonds is 3. The molecule has 1 atom stereocenters. The van der Waals surface area contributed by atoms with Crippen molar-refractivity contribution in [1.82, 2.24) is 0 Å². The molecule has 1 aromatic rings. The Morgan fingerprint density at radius 2 is 2.00 bits per heavy atom. The van der Waals surface area contributed by atoms with E-state index in [1.807, 2.05) is 30.3 Å². The van der Waals surface area contributed by atoms with E-state index in [0.29, 0.717) is 0 Å². The highest BCUT2D eigenvalue weighted by molar-refractivity contribution is 8.62. The maximum absolute atomic E-state index is 8.89. The molecule has 60 valence electrons. The largest absolute Gasteiger partial charge is 0.359 e. The van der Waals surface area contributed by atoms with Gasteiger partial charge < -0.3 is 4.89 Å². The first kappa shape index (κ1) is 9.27. The van der Waals surface area contributed by atoms with Crippen LogP contribution in [0.4, 0.5) is 0 Å². The minimum Gasteiger partial charge on any atom is -0.359 e. The summed E-state index contributed by atoms with van der Waals surface area (Å²) < 4.78 is 0. The average Bonchev–Trinajstić information content (AvgIpc) is 2.03. The fourth-order valence-corrected chi connectivity index (χ4v) is 2.60. The Morgan fingerprint density at radius 1 is 1.36 bits per heavy atom. The molecule has 0 aliphatic rings. The Hall–Kier alpha value is 0.180. The molecule has 0 fully saturated rings. The third-order valence-corrected chi connectivity index (χ3v) is 4.16. The van der Waals surface area contributed by atoms with Crippen molar-refractivity contribution in [2.45, 2.75) is 5.75 Å². The molecule has 0 bridgehead atoms. The molecule has 0 heterocycles. The first-order chi connectivity index (χ1) is 5.29. The van der Waals surface area contributed by atoms with E-state index in [1.54, 1.807) is 0 Å². The van der Waals surface area contributed by atoms with Crippen molar-refractivity contribution < 1.29 is 4.89 Å². The van der Waals surface area contributed by atoms with Gasteiger partial charge in [-0.2, -0.15) is 0 Å². The second-order valence-electron chi connectivity index (χ2n) is 2.04. The quantitative estimate of drug-likeness (QED) is 0.763. The molecule has 1 nitrogen and oxygen atoms in total. The second-order valence-corrected chi connectivity index (χ2v) is 7.11. The fraction of sp³-hybridized carbons (Fsp3) is 0.143. The molecule has 0 aliphatic carbocycles. The van der Waals surface area contributed by atoms with Crippen molar-refractivity contribution in [2.24, 2.45) is 0 Å². The van der Waals surface area contributed by atoms with E-state index < -0.39 is 6.13 Å². The molecular weight excluding hydrogens is 195 g/mol. The monoisotopic (exact) mass is 204 g/mol. The van der Waals surface area contributed by atoms with Crippen LogP contribution in [0.1, 0.15) is 5.56 Å². The Morgan fingerprint density at radius 3 is 2.55 bits per heavy atom. The van der Waals surface area contributed by atoms with Crippen LogP contribution in [0.3, 0.4) is 0 Å². The van der Waals surface area contributed by atoms with E-state index in [4.69, 9.17) is 16.7 Å². The van der Waals surface area contributed by atoms with Gasteiger partial charge in [-0.3, -0.25) is 0 Å². The molecule has 0 aromatic heterocycles. The zero-order valence-corrected chi connectivity index (χ0v) is 8.49. The summed E-state index contributed by atoms with van der Waals surface area (Å²) in [6.07, 6.45) is -1.53. The predicted octanol–water partition coefficient (Wildman–Crippen LogP) is 2.42. The van der Waals surface area contributed by atoms with Gasteiger partial charge in [0.05, 0.1) is 0 Å². The molecule has 1 unspecified atom stereocenters. The fourth-order valence-electron chi connectivity index (χ4n) is 0.719. The first-order valence-electron chi connectivity index (χ1n) is 3.18. The maximum atomic E-state index is 8.89. The molecule has 0 radical (unpaired) electrons. The van der Waals surface area contributed by atoms with Gasteiger partial charge in [-0.25, -0.2) is 0 Å². The Balaban J connectivity index is 2.45. The molecule has 4 heteroatoms. The summed E-state index contributed by atoms with van der Waals surface area (Å²) in [6.45, 7) is 0. The van der Waals surface area contributed by atoms with Gasteiger partial charge in [-0.15, -0.1) is 0 Å². The third-order valence-electron chi connectivity index (χ3n) is 1.21. The van der Waals surface area contributed by atoms with Gasteiger partial charge in [0.1, 0.15) is 6.13 Å². The Bertz CT molecular complexity index is 237. The van der Waals surface area contributed by atoms with Crippen molar-refractivity contribution in [3.63, 3.8) is 0 Å². The van der Waals surface area contributed by atoms with E-state index in [1.165, 1.54) is 16.9 Å². The third kappa shape index (κ3) is 3.92. The summed E-state index contributed by atoms with van der Waals surface area (Å²) in [5.74, 6) is 0.829. The van der Waals surface area contributed by atoms with Gasteiger partial charge in [0.15, 0.2) is 0 Å². The highest BCUT2D eigenvalue weighted by Gasteiger charge is 1.91. The van der Waals surface area contributed by atoms with Gasteiger partial charge in [0.2, 0.25) is 0 Å². The second kappa shape index (κ2) is 4.94. The summed E-state index contributed by atoms with van der Waals surface area (Å²) in [4.78, 5) is 8.89. The van der Waals surface area contributed by atoms with Crippen molar-refractivity contribution in [2.75, 3.05) is 0 Å². The zero-order chi connectivity index (χ0) is 8.10. The van der Waals surface area contributed by atoms with Gasteiger partial charge >= 0.3 is 0 Å². The van der Waals surface area contributed by atoms with Crippen molar-refractivity contribution >= 4 is 29.3 Å². The number of benzene rings is 1. The lowest BCUT2D eigenvalue weighted by molar-refractivity contribution is 0.658. The normalized spacial score (nSPS) is 12.8. The molecule has 0 amide bonds. The van der Waals surface area contributed by atoms with Crippen molar-refractivity contribution in [1.29, 1.82) is 0 Å². The highest BCUT2D eigenvalue weighted by atomic mass is 32.9. The van der Waals surface area contributed by atoms with Crippen LogP contribution in [0.25, 0.3) is 0 Å². The molecule has 11 heavy (non-hydrogen) atoms. The molecule has 1 rings (SSSR count). The molecule has 1 N–H and O–H groups in total. The SMILES string of the molecule is O[PH](=S)SCc1ccccc1. The number of hydrogen-bond acceptors (Lipinski definition) is 2. The molecule has 0 aliphatic heterocycles. The lowest BCUT2D eigenvalue weighted by Crippen LogP contribution is -1.74. The number of hydrogen-bond donors (Lipinski definition) is 1. The van der Waals surface area contributed by atoms with Crippen LogP contribution in [0.5, 0.6) is 0 Å². The lowest BCUT2D eigenvalue weighted by atomic mass is 10.2. The van der Waals surface area contributed by atoms with Gasteiger partial charge in [-0.05, 0) is 5.56 Å². The van der Waals surface area contributed by atoms with Crippen LogP contribution in [-0.2, 0) is 17.6 Å². The van der Waals surface area contributed by atoms with Gasteiger partial charge in [0.25, 0.3) is 0 Å². The first-order valence-corrected chi connectivity index (χ1v) is 7.48. The minimum atomic E-state index is -1.53. The van der Waals surface area contributed by atoms with Crippen LogP contribution in [0.2, 0.25) is 0 Å². The van der Waals surface area contributed by atoms with E-state index in [9.17, 15) is 0 Å². The molecule has 1 aromatic carbocycles. The summed E-state index contributed by atoms with van der Waals surface area (Å²) in [6, 6.07) is 10.0. The summed E-state index contributed by atoms with van der Waals surface area (Å²) >= 11 is 6.15. The van der Waals surface area contributed by atoms with Crippen LogP contribution in [0, 0.1) is 0 Å². The summed E-state index contributed by atoms with van der Waals surface area (Å²) in [5, 5.41) is 0. The van der Waals surface area contributed by atoms with Crippen molar-refractivity contribution in [3.8, 4) is 0 Å². The standard InChI is InChI=1S/C7H9OPS2/c8-9(10)11-6-7-4-2-1-3-5-7/h1-5,9H,6H2,(H,8,10). The minimum absolute atomic E-state index is 0.829. The van der Waals surface area contributed by atoms with E-state index in [-0.39, 0.29) is 0 Å². The van der Waals surface area contributed by atoms with Crippen LogP contribution in [-0.4, -0.2) is 4.89 Å². The van der Waals surface area contributed by atoms with Gasteiger partial charge in [-0.1, -0.05) is 53.5 Å². The molecule has 0 saturated carbocycles. The van der Waals surface area contributed by atoms with Crippen LogP contribution >= 0.6 is 17.5 Å². The predicted molar refractivity (Wildman–Crippen MR) is 55.6 cm³/mol. The smallest absolute Gasteiger partial charge is 0.104 e. The highest BCUT2D eigenvalue weighted by Crippen LogP contribution is 2.35. The molecule has 0 spiro atoms. The average molecular weight is 204 g/mol. The topological polar surface area (TPSA) is 20.2 Å². The lowest BCUT2D eigenvalue weighted by Gasteiger charge is -1.97. The molecule has 0 saturated heterocycles. The molecular formula is C7H9OPS2. The Labute approximate surface area is 76.1 Å². The van der Waals surface area contributed by atoms with Crippen LogP contribution < -0.4 is 0 Å². The zero-order valence-electron chi connectivity index (χ0n) is 5.86. The summed E-state index contributed by atoms with van der Waals surface area (Å²) in [7, 11) is 0. The van der Waals surface area contributed by atoms with Crippen LogP contribution in [0.15, 0.2) is 30.3 Å². The van der Waals surface area contributed by atoms with Crippen molar-refractivity contribution in [3.05, 3.63) is 35.9 Å². The maximum Gasteiger partial charge on any atom is 0.104 e. The summed E-state index contributed by atoms with van der Waals surface area (Å²) in [5.41, 5.74) is 1.22. The van der Waals surface area contributed by atoms with E-state index in [2.05, 4.69) is 0 Å².